The first-order valence-corrected chi connectivity index (χ1v) is 4.66. The third-order valence-electron chi connectivity index (χ3n) is 2.67. The van der Waals surface area contributed by atoms with Crippen LogP contribution in [0.3, 0.4) is 0 Å². The predicted octanol–water partition coefficient (Wildman–Crippen LogP) is 0.313. The minimum Gasteiger partial charge on any atom is -0.336 e. The van der Waals surface area contributed by atoms with Crippen LogP contribution < -0.4 is 11.4 Å². The van der Waals surface area contributed by atoms with E-state index in [9.17, 15) is 4.79 Å². The van der Waals surface area contributed by atoms with E-state index in [0.717, 1.165) is 41.5 Å². The van der Waals surface area contributed by atoms with Crippen LogP contribution in [0.5, 0.6) is 0 Å². The van der Waals surface area contributed by atoms with Crippen molar-refractivity contribution in [2.75, 3.05) is 5.84 Å². The molecule has 2 rings (SSSR count). The van der Waals surface area contributed by atoms with Gasteiger partial charge in [0.25, 0.3) is 5.56 Å². The van der Waals surface area contributed by atoms with Gasteiger partial charge < -0.3 is 5.84 Å². The first kappa shape index (κ1) is 8.82. The van der Waals surface area contributed by atoms with Crippen LogP contribution in [0.2, 0.25) is 0 Å². The lowest BCUT2D eigenvalue weighted by molar-refractivity contribution is 0.666. The molecule has 4 heteroatoms. The summed E-state index contributed by atoms with van der Waals surface area (Å²) in [5.41, 5.74) is 2.03. The highest BCUT2D eigenvalue weighted by Gasteiger charge is 2.17. The summed E-state index contributed by atoms with van der Waals surface area (Å²) >= 11 is 0. The summed E-state index contributed by atoms with van der Waals surface area (Å²) in [6.45, 7) is 0. The van der Waals surface area contributed by atoms with Gasteiger partial charge in [-0.05, 0) is 31.2 Å². The summed E-state index contributed by atoms with van der Waals surface area (Å²) in [6, 6.07) is 2.08. The Labute approximate surface area is 81.5 Å². The molecule has 4 nitrogen and oxygen atoms in total. The molecule has 1 aliphatic rings. The highest BCUT2D eigenvalue weighted by molar-refractivity contribution is 5.41. The van der Waals surface area contributed by atoms with E-state index in [1.54, 1.807) is 0 Å². The van der Waals surface area contributed by atoms with Gasteiger partial charge >= 0.3 is 0 Å². The van der Waals surface area contributed by atoms with Crippen LogP contribution in [-0.4, -0.2) is 4.68 Å². The largest absolute Gasteiger partial charge is 0.336 e. The summed E-state index contributed by atoms with van der Waals surface area (Å²) in [5.74, 6) is 5.47. The minimum absolute atomic E-state index is 0.154. The number of aromatic nitrogens is 1. The molecule has 72 valence electrons. The highest BCUT2D eigenvalue weighted by Crippen LogP contribution is 2.20. The lowest BCUT2D eigenvalue weighted by Crippen LogP contribution is -2.32. The number of nitriles is 1. The zero-order chi connectivity index (χ0) is 10.1. The molecule has 14 heavy (non-hydrogen) atoms. The van der Waals surface area contributed by atoms with E-state index < -0.39 is 0 Å². The molecule has 1 aromatic heterocycles. The monoisotopic (exact) mass is 189 g/mol. The van der Waals surface area contributed by atoms with E-state index in [-0.39, 0.29) is 5.56 Å². The van der Waals surface area contributed by atoms with Gasteiger partial charge in [-0.15, -0.1) is 0 Å². The fourth-order valence-electron chi connectivity index (χ4n) is 1.97. The third-order valence-corrected chi connectivity index (χ3v) is 2.67. The molecule has 0 spiro atoms. The van der Waals surface area contributed by atoms with Gasteiger partial charge in [0.05, 0.1) is 5.56 Å². The number of rotatable bonds is 0. The van der Waals surface area contributed by atoms with Crippen LogP contribution >= 0.6 is 0 Å². The Kier molecular flexibility index (Phi) is 2.01. The smallest absolute Gasteiger partial charge is 0.272 e. The Bertz CT molecular complexity index is 467. The molecule has 0 bridgehead atoms. The molecule has 0 radical (unpaired) electrons. The number of hydrogen-bond donors (Lipinski definition) is 1. The summed E-state index contributed by atoms with van der Waals surface area (Å²) < 4.78 is 1.02. The van der Waals surface area contributed by atoms with Crippen molar-refractivity contribution < 1.29 is 0 Å². The Morgan fingerprint density at radius 2 is 2.00 bits per heavy atom. The van der Waals surface area contributed by atoms with Gasteiger partial charge in [-0.2, -0.15) is 5.26 Å². The lowest BCUT2D eigenvalue weighted by atomic mass is 9.90. The predicted molar refractivity (Wildman–Crippen MR) is 52.2 cm³/mol. The molecule has 0 atom stereocenters. The number of nitrogens with two attached hydrogens (primary N) is 1. The molecule has 0 amide bonds. The molecule has 1 aromatic rings. The van der Waals surface area contributed by atoms with Gasteiger partial charge in [-0.25, -0.2) is 4.68 Å². The molecule has 2 N–H and O–H groups in total. The summed E-state index contributed by atoms with van der Waals surface area (Å²) in [7, 11) is 0. The average molecular weight is 189 g/mol. The molecule has 0 aromatic carbocycles. The number of nitrogens with zero attached hydrogens (tertiary/aromatic N) is 2. The van der Waals surface area contributed by atoms with Gasteiger partial charge in [0.1, 0.15) is 6.07 Å². The number of pyridine rings is 1. The minimum atomic E-state index is -0.154. The normalized spacial score (nSPS) is 14.5. The van der Waals surface area contributed by atoms with Gasteiger partial charge in [0, 0.05) is 11.8 Å². The summed E-state index contributed by atoms with van der Waals surface area (Å²) in [5, 5.41) is 8.89. The van der Waals surface area contributed by atoms with E-state index in [1.807, 2.05) is 0 Å². The molecule has 1 heterocycles. The second kappa shape index (κ2) is 3.18. The van der Waals surface area contributed by atoms with Crippen molar-refractivity contribution in [2.24, 2.45) is 0 Å². The van der Waals surface area contributed by atoms with Crippen LogP contribution in [0.4, 0.5) is 0 Å². The first-order valence-electron chi connectivity index (χ1n) is 4.66. The SMILES string of the molecule is N#Cc1cn(N)c(=O)c2c1CCCC2. The maximum Gasteiger partial charge on any atom is 0.272 e. The first-order chi connectivity index (χ1) is 6.74. The van der Waals surface area contributed by atoms with Crippen LogP contribution in [0.25, 0.3) is 0 Å². The topological polar surface area (TPSA) is 71.8 Å². The summed E-state index contributed by atoms with van der Waals surface area (Å²) in [6.07, 6.45) is 5.06. The maximum absolute atomic E-state index is 11.6. The molecule has 0 saturated heterocycles. The molecule has 0 unspecified atom stereocenters. The fraction of sp³-hybridized carbons (Fsp3) is 0.400. The van der Waals surface area contributed by atoms with Crippen molar-refractivity contribution in [3.63, 3.8) is 0 Å². The van der Waals surface area contributed by atoms with Crippen LogP contribution in [-0.2, 0) is 12.8 Å². The maximum atomic E-state index is 11.6. The van der Waals surface area contributed by atoms with Crippen molar-refractivity contribution in [3.8, 4) is 6.07 Å². The standard InChI is InChI=1S/C10H11N3O/c11-5-7-6-13(12)10(14)9-4-2-1-3-8(7)9/h6H,1-4,12H2. The zero-order valence-electron chi connectivity index (χ0n) is 7.79. The number of nitrogen functional groups attached to an aromatic ring is 1. The van der Waals surface area contributed by atoms with Crippen LogP contribution in [0, 0.1) is 11.3 Å². The average Bonchev–Trinajstić information content (AvgIpc) is 2.23. The van der Waals surface area contributed by atoms with E-state index in [2.05, 4.69) is 6.07 Å². The van der Waals surface area contributed by atoms with Crippen molar-refractivity contribution in [3.05, 3.63) is 33.2 Å². The third kappa shape index (κ3) is 1.18. The van der Waals surface area contributed by atoms with Gasteiger partial charge in [0.2, 0.25) is 0 Å². The Morgan fingerprint density at radius 1 is 1.36 bits per heavy atom. The fourth-order valence-corrected chi connectivity index (χ4v) is 1.97. The molecular formula is C10H11N3O. The highest BCUT2D eigenvalue weighted by atomic mass is 16.1. The Morgan fingerprint density at radius 3 is 2.64 bits per heavy atom. The number of hydrogen-bond acceptors (Lipinski definition) is 3. The van der Waals surface area contributed by atoms with E-state index in [4.69, 9.17) is 11.1 Å². The van der Waals surface area contributed by atoms with Crippen molar-refractivity contribution in [1.82, 2.24) is 4.68 Å². The van der Waals surface area contributed by atoms with E-state index >= 15 is 0 Å². The Balaban J connectivity index is 2.74. The molecule has 1 aliphatic carbocycles. The lowest BCUT2D eigenvalue weighted by Gasteiger charge is -2.16. The number of fused-ring (bicyclic) bond motifs is 1. The Hall–Kier alpha value is -1.76. The molecule has 0 saturated carbocycles. The van der Waals surface area contributed by atoms with Gasteiger partial charge in [0.15, 0.2) is 0 Å². The molecule has 0 aliphatic heterocycles. The quantitative estimate of drug-likeness (QED) is 0.597. The van der Waals surface area contributed by atoms with Crippen molar-refractivity contribution in [2.45, 2.75) is 25.7 Å². The van der Waals surface area contributed by atoms with E-state index in [1.165, 1.54) is 6.20 Å². The van der Waals surface area contributed by atoms with Crippen LogP contribution in [0.1, 0.15) is 29.5 Å². The van der Waals surface area contributed by atoms with Crippen molar-refractivity contribution >= 4 is 0 Å². The molecule has 0 fully saturated rings. The molecular weight excluding hydrogens is 178 g/mol. The zero-order valence-corrected chi connectivity index (χ0v) is 7.79. The van der Waals surface area contributed by atoms with Gasteiger partial charge in [-0.3, -0.25) is 4.79 Å². The second-order valence-electron chi connectivity index (χ2n) is 3.53. The van der Waals surface area contributed by atoms with E-state index in [0.29, 0.717) is 5.56 Å². The van der Waals surface area contributed by atoms with Crippen molar-refractivity contribution in [1.29, 1.82) is 5.26 Å². The van der Waals surface area contributed by atoms with Crippen LogP contribution in [0.15, 0.2) is 11.0 Å². The summed E-state index contributed by atoms with van der Waals surface area (Å²) in [4.78, 5) is 11.6. The van der Waals surface area contributed by atoms with Gasteiger partial charge in [-0.1, -0.05) is 0 Å². The second-order valence-corrected chi connectivity index (χ2v) is 3.53.